The van der Waals surface area contributed by atoms with Gasteiger partial charge in [-0.25, -0.2) is 0 Å². The maximum absolute atomic E-state index is 3.49. The van der Waals surface area contributed by atoms with Crippen LogP contribution < -0.4 is 5.32 Å². The molecule has 0 bridgehead atoms. The third kappa shape index (κ3) is 2.44. The Kier molecular flexibility index (Phi) is 4.29. The fourth-order valence-corrected chi connectivity index (χ4v) is 2.84. The van der Waals surface area contributed by atoms with E-state index in [1.54, 1.807) is 0 Å². The Morgan fingerprint density at radius 2 is 2.07 bits per heavy atom. The minimum Gasteiger partial charge on any atom is -0.314 e. The van der Waals surface area contributed by atoms with Crippen molar-refractivity contribution in [3.63, 3.8) is 0 Å². The average Bonchev–Trinajstić information content (AvgIpc) is 2.64. The summed E-state index contributed by atoms with van der Waals surface area (Å²) >= 11 is 1.99. The van der Waals surface area contributed by atoms with Crippen molar-refractivity contribution in [1.82, 2.24) is 10.2 Å². The van der Waals surface area contributed by atoms with Crippen molar-refractivity contribution in [3.8, 4) is 0 Å². The van der Waals surface area contributed by atoms with Crippen molar-refractivity contribution in [3.05, 3.63) is 0 Å². The second-order valence-electron chi connectivity index (χ2n) is 4.78. The highest BCUT2D eigenvalue weighted by Crippen LogP contribution is 2.26. The van der Waals surface area contributed by atoms with E-state index in [1.807, 2.05) is 11.8 Å². The molecular weight excluding hydrogens is 192 g/mol. The van der Waals surface area contributed by atoms with Crippen molar-refractivity contribution in [1.29, 1.82) is 0 Å². The highest BCUT2D eigenvalue weighted by atomic mass is 32.2. The smallest absolute Gasteiger partial charge is 0.0353 e. The molecule has 1 fully saturated rings. The van der Waals surface area contributed by atoms with Gasteiger partial charge in [0.05, 0.1) is 0 Å². The number of nitrogens with zero attached hydrogens (tertiary/aromatic N) is 1. The van der Waals surface area contributed by atoms with Crippen LogP contribution in [0.1, 0.15) is 27.2 Å². The Hall–Kier alpha value is 0.270. The molecule has 2 unspecified atom stereocenters. The molecule has 3 heteroatoms. The van der Waals surface area contributed by atoms with Crippen molar-refractivity contribution < 1.29 is 0 Å². The molecule has 0 aromatic carbocycles. The fraction of sp³-hybridized carbons (Fsp3) is 1.00. The molecule has 84 valence electrons. The molecule has 0 spiro atoms. The number of thioether (sulfide) groups is 1. The van der Waals surface area contributed by atoms with Crippen LogP contribution in [0.3, 0.4) is 0 Å². The second kappa shape index (κ2) is 4.86. The first kappa shape index (κ1) is 12.3. The molecule has 0 radical (unpaired) electrons. The van der Waals surface area contributed by atoms with Gasteiger partial charge >= 0.3 is 0 Å². The lowest BCUT2D eigenvalue weighted by molar-refractivity contribution is 0.108. The van der Waals surface area contributed by atoms with E-state index in [1.165, 1.54) is 6.42 Å². The topological polar surface area (TPSA) is 15.3 Å². The van der Waals surface area contributed by atoms with Gasteiger partial charge in [0.15, 0.2) is 0 Å². The van der Waals surface area contributed by atoms with Gasteiger partial charge in [-0.1, -0.05) is 6.92 Å². The van der Waals surface area contributed by atoms with E-state index in [9.17, 15) is 0 Å². The van der Waals surface area contributed by atoms with E-state index in [2.05, 4.69) is 44.3 Å². The summed E-state index contributed by atoms with van der Waals surface area (Å²) in [6.45, 7) is 9.25. The maximum Gasteiger partial charge on any atom is 0.0353 e. The summed E-state index contributed by atoms with van der Waals surface area (Å²) < 4.78 is 0. The van der Waals surface area contributed by atoms with E-state index < -0.39 is 0 Å². The molecule has 1 heterocycles. The maximum atomic E-state index is 3.49. The zero-order valence-corrected chi connectivity index (χ0v) is 10.9. The van der Waals surface area contributed by atoms with Crippen LogP contribution in [-0.4, -0.2) is 48.1 Å². The third-order valence-corrected chi connectivity index (χ3v) is 4.83. The van der Waals surface area contributed by atoms with Gasteiger partial charge in [0.25, 0.3) is 0 Å². The van der Waals surface area contributed by atoms with E-state index in [0.29, 0.717) is 11.6 Å². The molecular formula is C11H24N2S. The SMILES string of the molecule is CCC(C)(C)N(C)C1CNCC1SC. The van der Waals surface area contributed by atoms with Crippen LogP contribution in [-0.2, 0) is 0 Å². The van der Waals surface area contributed by atoms with Crippen LogP contribution in [0.5, 0.6) is 0 Å². The van der Waals surface area contributed by atoms with Gasteiger partial charge in [0.2, 0.25) is 0 Å². The van der Waals surface area contributed by atoms with Crippen LogP contribution in [0.4, 0.5) is 0 Å². The number of likely N-dealkylation sites (N-methyl/N-ethyl adjacent to an activating group) is 1. The summed E-state index contributed by atoms with van der Waals surface area (Å²) in [5.74, 6) is 0. The molecule has 0 aliphatic carbocycles. The first-order valence-electron chi connectivity index (χ1n) is 5.49. The van der Waals surface area contributed by atoms with Crippen LogP contribution in [0.25, 0.3) is 0 Å². The minimum absolute atomic E-state index is 0.324. The zero-order valence-electron chi connectivity index (χ0n) is 10.1. The van der Waals surface area contributed by atoms with Crippen molar-refractivity contribution >= 4 is 11.8 Å². The molecule has 2 atom stereocenters. The quantitative estimate of drug-likeness (QED) is 0.771. The fourth-order valence-electron chi connectivity index (χ4n) is 1.97. The number of hydrogen-bond donors (Lipinski definition) is 1. The number of rotatable bonds is 4. The Labute approximate surface area is 92.8 Å². The summed E-state index contributed by atoms with van der Waals surface area (Å²) in [5.41, 5.74) is 0.324. The number of hydrogen-bond acceptors (Lipinski definition) is 3. The number of nitrogens with one attached hydrogen (secondary N) is 1. The predicted molar refractivity (Wildman–Crippen MR) is 66.1 cm³/mol. The normalized spacial score (nSPS) is 28.7. The van der Waals surface area contributed by atoms with Crippen LogP contribution in [0.2, 0.25) is 0 Å². The molecule has 1 aliphatic rings. The summed E-state index contributed by atoms with van der Waals surface area (Å²) in [6.07, 6.45) is 3.43. The highest BCUT2D eigenvalue weighted by Gasteiger charge is 2.35. The molecule has 0 aromatic heterocycles. The molecule has 0 aromatic rings. The molecule has 1 saturated heterocycles. The molecule has 14 heavy (non-hydrogen) atoms. The molecule has 1 N–H and O–H groups in total. The summed E-state index contributed by atoms with van der Waals surface area (Å²) in [7, 11) is 2.27. The van der Waals surface area contributed by atoms with E-state index in [-0.39, 0.29) is 0 Å². The second-order valence-corrected chi connectivity index (χ2v) is 5.85. The Morgan fingerprint density at radius 3 is 2.57 bits per heavy atom. The monoisotopic (exact) mass is 216 g/mol. The largest absolute Gasteiger partial charge is 0.314 e. The standard InChI is InChI=1S/C11H24N2S/c1-6-11(2,3)13(4)9-7-12-8-10(9)14-5/h9-10,12H,6-8H2,1-5H3. The lowest BCUT2D eigenvalue weighted by Gasteiger charge is -2.40. The van der Waals surface area contributed by atoms with Gasteiger partial charge in [0.1, 0.15) is 0 Å². The van der Waals surface area contributed by atoms with Gasteiger partial charge < -0.3 is 5.32 Å². The first-order chi connectivity index (χ1) is 6.53. The van der Waals surface area contributed by atoms with Crippen molar-refractivity contribution in [2.45, 2.75) is 44.0 Å². The zero-order chi connectivity index (χ0) is 10.8. The van der Waals surface area contributed by atoms with E-state index >= 15 is 0 Å². The Balaban J connectivity index is 2.63. The summed E-state index contributed by atoms with van der Waals surface area (Å²) in [6, 6.07) is 0.694. The van der Waals surface area contributed by atoms with Crippen LogP contribution in [0, 0.1) is 0 Å². The van der Waals surface area contributed by atoms with E-state index in [0.717, 1.165) is 18.3 Å². The lowest BCUT2D eigenvalue weighted by Crippen LogP contribution is -2.51. The molecule has 1 aliphatic heterocycles. The Bertz CT molecular complexity index is 182. The average molecular weight is 216 g/mol. The van der Waals surface area contributed by atoms with Crippen LogP contribution in [0.15, 0.2) is 0 Å². The van der Waals surface area contributed by atoms with E-state index in [4.69, 9.17) is 0 Å². The minimum atomic E-state index is 0.324. The molecule has 1 rings (SSSR count). The van der Waals surface area contributed by atoms with Gasteiger partial charge in [-0.2, -0.15) is 11.8 Å². The first-order valence-corrected chi connectivity index (χ1v) is 6.78. The molecule has 0 saturated carbocycles. The molecule has 2 nitrogen and oxygen atoms in total. The Morgan fingerprint density at radius 1 is 1.43 bits per heavy atom. The van der Waals surface area contributed by atoms with Gasteiger partial charge in [0, 0.05) is 29.9 Å². The van der Waals surface area contributed by atoms with Gasteiger partial charge in [-0.3, -0.25) is 4.90 Å². The third-order valence-electron chi connectivity index (χ3n) is 3.75. The lowest BCUT2D eigenvalue weighted by atomic mass is 9.97. The van der Waals surface area contributed by atoms with Crippen molar-refractivity contribution in [2.24, 2.45) is 0 Å². The molecule has 0 amide bonds. The van der Waals surface area contributed by atoms with Crippen molar-refractivity contribution in [2.75, 3.05) is 26.4 Å². The summed E-state index contributed by atoms with van der Waals surface area (Å²) in [4.78, 5) is 2.55. The summed E-state index contributed by atoms with van der Waals surface area (Å²) in [5, 5.41) is 4.24. The highest BCUT2D eigenvalue weighted by molar-refractivity contribution is 7.99. The van der Waals surface area contributed by atoms with Gasteiger partial charge in [-0.15, -0.1) is 0 Å². The van der Waals surface area contributed by atoms with Gasteiger partial charge in [-0.05, 0) is 33.6 Å². The predicted octanol–water partition coefficient (Wildman–Crippen LogP) is 1.81. The van der Waals surface area contributed by atoms with Crippen LogP contribution >= 0.6 is 11.8 Å².